The Morgan fingerprint density at radius 2 is 1.29 bits per heavy atom. The molecule has 0 aromatic carbocycles. The predicted molar refractivity (Wildman–Crippen MR) is 117 cm³/mol. The van der Waals surface area contributed by atoms with Gasteiger partial charge >= 0.3 is 29.8 Å². The number of aromatic hydroxyl groups is 2. The molecule has 1 aromatic heterocycles. The van der Waals surface area contributed by atoms with Gasteiger partial charge in [0.05, 0.1) is 5.25 Å². The summed E-state index contributed by atoms with van der Waals surface area (Å²) in [6.07, 6.45) is -3.74. The van der Waals surface area contributed by atoms with Crippen LogP contribution in [0.4, 0.5) is 0 Å². The maximum Gasteiger partial charge on any atom is 0.333 e. The fourth-order valence-electron chi connectivity index (χ4n) is 3.45. The Hall–Kier alpha value is -3.42. The molecule has 0 aliphatic carbocycles. The summed E-state index contributed by atoms with van der Waals surface area (Å²) in [7, 11) is 0. The van der Waals surface area contributed by atoms with Crippen molar-refractivity contribution in [3.05, 3.63) is 12.1 Å². The first-order valence-corrected chi connectivity index (χ1v) is 11.4. The monoisotopic (exact) mass is 517 g/mol. The molecule has 1 aromatic rings. The van der Waals surface area contributed by atoms with E-state index in [1.54, 1.807) is 0 Å². The zero-order valence-electron chi connectivity index (χ0n) is 19.5. The van der Waals surface area contributed by atoms with E-state index >= 15 is 0 Å². The Balaban J connectivity index is 2.29. The third kappa shape index (κ3) is 8.09. The zero-order valence-corrected chi connectivity index (χ0v) is 20.3. The van der Waals surface area contributed by atoms with Crippen molar-refractivity contribution in [3.63, 3.8) is 0 Å². The minimum Gasteiger partial charge on any atom is -0.492 e. The first-order chi connectivity index (χ1) is 16.4. The first-order valence-electron chi connectivity index (χ1n) is 10.5. The highest BCUT2D eigenvalue weighted by molar-refractivity contribution is 8.00. The summed E-state index contributed by atoms with van der Waals surface area (Å²) in [6.45, 7) is 4.40. The zero-order chi connectivity index (χ0) is 26.3. The SMILES string of the molecule is CC(=O)OC[C@H]1SC(CCC(=O)On2c(O)ccc2O)[C@@H](OC(C)=O)[C@@H](OC(C)=O)[C@@H]1OC(C)=O. The van der Waals surface area contributed by atoms with Crippen LogP contribution in [0.5, 0.6) is 11.8 Å². The van der Waals surface area contributed by atoms with Crippen LogP contribution < -0.4 is 4.84 Å². The number of nitrogens with zero attached hydrogens (tertiary/aromatic N) is 1. The normalized spacial score (nSPS) is 23.6. The van der Waals surface area contributed by atoms with Gasteiger partial charge in [0, 0.05) is 51.5 Å². The Morgan fingerprint density at radius 1 is 0.800 bits per heavy atom. The maximum atomic E-state index is 12.3. The highest BCUT2D eigenvalue weighted by Crippen LogP contribution is 2.40. The number of thioether (sulfide) groups is 1. The number of ether oxygens (including phenoxy) is 4. The molecular formula is C21H27NO12S. The Labute approximate surface area is 204 Å². The van der Waals surface area contributed by atoms with Crippen molar-refractivity contribution in [2.24, 2.45) is 0 Å². The van der Waals surface area contributed by atoms with Crippen LogP contribution in [0.1, 0.15) is 40.5 Å². The molecule has 35 heavy (non-hydrogen) atoms. The molecule has 1 aliphatic heterocycles. The molecule has 0 amide bonds. The molecule has 0 bridgehead atoms. The van der Waals surface area contributed by atoms with E-state index < -0.39 is 70.4 Å². The van der Waals surface area contributed by atoms with Crippen molar-refractivity contribution >= 4 is 41.6 Å². The molecule has 14 heteroatoms. The van der Waals surface area contributed by atoms with Gasteiger partial charge in [0.2, 0.25) is 11.8 Å². The van der Waals surface area contributed by atoms with Gasteiger partial charge in [-0.15, -0.1) is 16.5 Å². The van der Waals surface area contributed by atoms with Gasteiger partial charge in [-0.1, -0.05) is 0 Å². The molecule has 0 radical (unpaired) electrons. The number of aromatic nitrogens is 1. The second-order valence-corrected chi connectivity index (χ2v) is 9.07. The van der Waals surface area contributed by atoms with Crippen molar-refractivity contribution in [3.8, 4) is 11.8 Å². The maximum absolute atomic E-state index is 12.3. The average Bonchev–Trinajstić information content (AvgIpc) is 3.05. The molecule has 1 aliphatic rings. The second-order valence-electron chi connectivity index (χ2n) is 7.58. The summed E-state index contributed by atoms with van der Waals surface area (Å²) in [6, 6.07) is 2.24. The van der Waals surface area contributed by atoms with Gasteiger partial charge in [-0.05, 0) is 6.42 Å². The number of hydrogen-bond acceptors (Lipinski definition) is 13. The van der Waals surface area contributed by atoms with Crippen LogP contribution in [0.2, 0.25) is 0 Å². The Morgan fingerprint density at radius 3 is 1.77 bits per heavy atom. The van der Waals surface area contributed by atoms with E-state index in [-0.39, 0.29) is 19.4 Å². The van der Waals surface area contributed by atoms with Crippen molar-refractivity contribution in [2.75, 3.05) is 6.61 Å². The fraction of sp³-hybridized carbons (Fsp3) is 0.571. The molecule has 0 saturated carbocycles. The minimum atomic E-state index is -1.25. The van der Waals surface area contributed by atoms with Crippen molar-refractivity contribution in [2.45, 2.75) is 69.3 Å². The van der Waals surface area contributed by atoms with Crippen LogP contribution >= 0.6 is 11.8 Å². The molecule has 194 valence electrons. The van der Waals surface area contributed by atoms with Gasteiger partial charge in [-0.2, -0.15) is 0 Å². The largest absolute Gasteiger partial charge is 0.492 e. The van der Waals surface area contributed by atoms with E-state index in [1.807, 2.05) is 0 Å². The molecule has 13 nitrogen and oxygen atoms in total. The van der Waals surface area contributed by atoms with Gasteiger partial charge in [0.15, 0.2) is 18.3 Å². The van der Waals surface area contributed by atoms with E-state index in [0.717, 1.165) is 44.7 Å². The minimum absolute atomic E-state index is 0.0192. The number of hydrogen-bond donors (Lipinski definition) is 2. The topological polar surface area (TPSA) is 177 Å². The summed E-state index contributed by atoms with van der Waals surface area (Å²) in [5, 5.41) is 17.8. The highest BCUT2D eigenvalue weighted by atomic mass is 32.2. The molecule has 5 atom stereocenters. The van der Waals surface area contributed by atoms with Crippen LogP contribution in [0.25, 0.3) is 0 Å². The first kappa shape index (κ1) is 27.8. The Kier molecular flexibility index (Phi) is 9.80. The lowest BCUT2D eigenvalue weighted by Gasteiger charge is -2.44. The van der Waals surface area contributed by atoms with E-state index in [0.29, 0.717) is 4.73 Å². The van der Waals surface area contributed by atoms with Crippen molar-refractivity contribution in [1.29, 1.82) is 0 Å². The second kappa shape index (κ2) is 12.3. The molecular weight excluding hydrogens is 490 g/mol. The highest BCUT2D eigenvalue weighted by Gasteiger charge is 2.51. The number of carbonyl (C=O) groups is 5. The standard InChI is InChI=1S/C21H27NO12S/c1-10(23)30-9-15-20(32-12(3)25)21(33-13(4)26)19(31-11(2)24)14(35-15)5-8-18(29)34-22-16(27)6-7-17(22)28/h6-7,14-15,19-21,27-28H,5,8-9H2,1-4H3/t14?,15-,19-,20-,21-/m1/s1. The lowest BCUT2D eigenvalue weighted by molar-refractivity contribution is -0.185. The predicted octanol–water partition coefficient (Wildman–Crippen LogP) is 0.477. The number of esters is 4. The quantitative estimate of drug-likeness (QED) is 0.342. The molecule has 1 unspecified atom stereocenters. The molecule has 0 spiro atoms. The average molecular weight is 518 g/mol. The molecule has 2 heterocycles. The lowest BCUT2D eigenvalue weighted by Crippen LogP contribution is -2.58. The van der Waals surface area contributed by atoms with E-state index in [1.165, 1.54) is 6.92 Å². The van der Waals surface area contributed by atoms with Crippen molar-refractivity contribution in [1.82, 2.24) is 4.73 Å². The third-order valence-electron chi connectivity index (χ3n) is 4.71. The van der Waals surface area contributed by atoms with Crippen LogP contribution in [0, 0.1) is 0 Å². The van der Waals surface area contributed by atoms with E-state index in [2.05, 4.69) is 0 Å². The lowest BCUT2D eigenvalue weighted by atomic mass is 9.97. The fourth-order valence-corrected chi connectivity index (χ4v) is 5.03. The number of carbonyl (C=O) groups excluding carboxylic acids is 5. The van der Waals surface area contributed by atoms with Crippen LogP contribution in [0.15, 0.2) is 12.1 Å². The number of rotatable bonds is 9. The van der Waals surface area contributed by atoms with Gasteiger partial charge in [0.1, 0.15) is 6.61 Å². The van der Waals surface area contributed by atoms with E-state index in [4.69, 9.17) is 23.8 Å². The summed E-state index contributed by atoms with van der Waals surface area (Å²) < 4.78 is 21.8. The van der Waals surface area contributed by atoms with Gasteiger partial charge < -0.3 is 34.0 Å². The summed E-state index contributed by atoms with van der Waals surface area (Å²) in [4.78, 5) is 64.1. The van der Waals surface area contributed by atoms with Gasteiger partial charge in [-0.25, -0.2) is 4.79 Å². The third-order valence-corrected chi connectivity index (χ3v) is 6.32. The van der Waals surface area contributed by atoms with Crippen LogP contribution in [0.3, 0.4) is 0 Å². The molecule has 1 saturated heterocycles. The van der Waals surface area contributed by atoms with E-state index in [9.17, 15) is 34.2 Å². The molecule has 1 fully saturated rings. The van der Waals surface area contributed by atoms with Crippen LogP contribution in [-0.4, -0.2) is 80.2 Å². The molecule has 2 rings (SSSR count). The summed E-state index contributed by atoms with van der Waals surface area (Å²) in [5.74, 6) is -4.57. The Bertz CT molecular complexity index is 941. The molecule has 2 N–H and O–H groups in total. The van der Waals surface area contributed by atoms with Crippen molar-refractivity contribution < 1.29 is 58.0 Å². The smallest absolute Gasteiger partial charge is 0.333 e. The summed E-state index contributed by atoms with van der Waals surface area (Å²) in [5.41, 5.74) is 0. The summed E-state index contributed by atoms with van der Waals surface area (Å²) >= 11 is 1.12. The van der Waals surface area contributed by atoms with Gasteiger partial charge in [0.25, 0.3) is 0 Å². The van der Waals surface area contributed by atoms with Gasteiger partial charge in [-0.3, -0.25) is 19.2 Å². The van der Waals surface area contributed by atoms with Crippen LogP contribution in [-0.2, 0) is 42.9 Å².